The SMILES string of the molecule is CC(C)N(Cc1ccccc1)C(=O)c1ccc([N+](=O)[O-])cc1Cl. The number of benzene rings is 2. The predicted octanol–water partition coefficient (Wildman–Crippen LogP) is 4.30. The molecule has 2 aromatic rings. The molecule has 0 N–H and O–H groups in total. The molecule has 0 unspecified atom stereocenters. The van der Waals surface area contributed by atoms with Crippen molar-refractivity contribution in [2.75, 3.05) is 0 Å². The normalized spacial score (nSPS) is 10.6. The summed E-state index contributed by atoms with van der Waals surface area (Å²) in [6.45, 7) is 4.28. The monoisotopic (exact) mass is 332 g/mol. The minimum atomic E-state index is -0.537. The van der Waals surface area contributed by atoms with Crippen LogP contribution in [-0.2, 0) is 6.54 Å². The Morgan fingerprint density at radius 3 is 2.39 bits per heavy atom. The topological polar surface area (TPSA) is 63.5 Å². The van der Waals surface area contributed by atoms with Gasteiger partial charge >= 0.3 is 0 Å². The van der Waals surface area contributed by atoms with Crippen molar-refractivity contribution in [3.63, 3.8) is 0 Å². The molecule has 0 fully saturated rings. The summed E-state index contributed by atoms with van der Waals surface area (Å²) in [5.74, 6) is -0.247. The Morgan fingerprint density at radius 1 is 1.22 bits per heavy atom. The van der Waals surface area contributed by atoms with Crippen molar-refractivity contribution in [2.45, 2.75) is 26.4 Å². The molecular weight excluding hydrogens is 316 g/mol. The second kappa shape index (κ2) is 7.24. The molecule has 5 nitrogen and oxygen atoms in total. The van der Waals surface area contributed by atoms with Crippen molar-refractivity contribution < 1.29 is 9.72 Å². The van der Waals surface area contributed by atoms with Gasteiger partial charge < -0.3 is 4.90 Å². The summed E-state index contributed by atoms with van der Waals surface area (Å²) < 4.78 is 0. The number of hydrogen-bond acceptors (Lipinski definition) is 3. The van der Waals surface area contributed by atoms with E-state index in [4.69, 9.17) is 11.6 Å². The highest BCUT2D eigenvalue weighted by Gasteiger charge is 2.22. The molecule has 0 aliphatic heterocycles. The first-order valence-electron chi connectivity index (χ1n) is 7.19. The van der Waals surface area contributed by atoms with Crippen LogP contribution in [-0.4, -0.2) is 21.8 Å². The molecule has 2 rings (SSSR count). The fourth-order valence-corrected chi connectivity index (χ4v) is 2.47. The van der Waals surface area contributed by atoms with E-state index < -0.39 is 4.92 Å². The summed E-state index contributed by atoms with van der Waals surface area (Å²) >= 11 is 6.07. The van der Waals surface area contributed by atoms with Crippen LogP contribution in [0, 0.1) is 10.1 Å². The van der Waals surface area contributed by atoms with E-state index in [9.17, 15) is 14.9 Å². The van der Waals surface area contributed by atoms with Gasteiger partial charge in [0, 0.05) is 24.7 Å². The molecule has 120 valence electrons. The Kier molecular flexibility index (Phi) is 5.34. The van der Waals surface area contributed by atoms with Gasteiger partial charge in [0.1, 0.15) is 0 Å². The second-order valence-electron chi connectivity index (χ2n) is 5.43. The molecule has 0 aliphatic carbocycles. The molecule has 0 atom stereocenters. The van der Waals surface area contributed by atoms with Crippen LogP contribution in [0.5, 0.6) is 0 Å². The lowest BCUT2D eigenvalue weighted by atomic mass is 10.1. The Morgan fingerprint density at radius 2 is 1.87 bits per heavy atom. The Labute approximate surface area is 139 Å². The number of rotatable bonds is 5. The molecule has 0 aliphatic rings. The van der Waals surface area contributed by atoms with Gasteiger partial charge in [0.05, 0.1) is 15.5 Å². The van der Waals surface area contributed by atoms with Gasteiger partial charge in [-0.1, -0.05) is 41.9 Å². The average molecular weight is 333 g/mol. The fraction of sp³-hybridized carbons (Fsp3) is 0.235. The van der Waals surface area contributed by atoms with E-state index in [0.29, 0.717) is 6.54 Å². The molecule has 0 radical (unpaired) electrons. The smallest absolute Gasteiger partial charge is 0.270 e. The minimum Gasteiger partial charge on any atom is -0.332 e. The molecule has 0 heterocycles. The summed E-state index contributed by atoms with van der Waals surface area (Å²) in [7, 11) is 0. The van der Waals surface area contributed by atoms with E-state index in [1.165, 1.54) is 18.2 Å². The van der Waals surface area contributed by atoms with Crippen LogP contribution in [0.1, 0.15) is 29.8 Å². The Hall–Kier alpha value is -2.40. The quantitative estimate of drug-likeness (QED) is 0.605. The van der Waals surface area contributed by atoms with Gasteiger partial charge in [0.2, 0.25) is 0 Å². The van der Waals surface area contributed by atoms with Crippen LogP contribution in [0.3, 0.4) is 0 Å². The van der Waals surface area contributed by atoms with Gasteiger partial charge in [0.15, 0.2) is 0 Å². The zero-order chi connectivity index (χ0) is 17.0. The van der Waals surface area contributed by atoms with E-state index in [0.717, 1.165) is 5.56 Å². The summed E-state index contributed by atoms with van der Waals surface area (Å²) in [6.07, 6.45) is 0. The average Bonchev–Trinajstić information content (AvgIpc) is 2.52. The van der Waals surface area contributed by atoms with Crippen molar-refractivity contribution in [3.8, 4) is 0 Å². The lowest BCUT2D eigenvalue weighted by Crippen LogP contribution is -2.36. The number of amides is 1. The first-order valence-corrected chi connectivity index (χ1v) is 7.56. The summed E-state index contributed by atoms with van der Waals surface area (Å²) in [4.78, 5) is 24.7. The molecular formula is C17H17ClN2O3. The van der Waals surface area contributed by atoms with Crippen LogP contribution < -0.4 is 0 Å². The van der Waals surface area contributed by atoms with E-state index in [1.807, 2.05) is 44.2 Å². The third-order valence-corrected chi connectivity index (χ3v) is 3.79. The molecule has 0 aromatic heterocycles. The molecule has 0 saturated heterocycles. The van der Waals surface area contributed by atoms with Gasteiger partial charge in [-0.05, 0) is 25.5 Å². The zero-order valence-electron chi connectivity index (χ0n) is 12.9. The molecule has 0 bridgehead atoms. The van der Waals surface area contributed by atoms with E-state index in [1.54, 1.807) is 4.90 Å². The Balaban J connectivity index is 2.29. The van der Waals surface area contributed by atoms with Crippen LogP contribution in [0.4, 0.5) is 5.69 Å². The summed E-state index contributed by atoms with van der Waals surface area (Å²) in [5, 5.41) is 10.9. The highest BCUT2D eigenvalue weighted by atomic mass is 35.5. The largest absolute Gasteiger partial charge is 0.332 e. The van der Waals surface area contributed by atoms with Gasteiger partial charge in [0.25, 0.3) is 11.6 Å². The first-order chi connectivity index (χ1) is 10.9. The number of carbonyl (C=O) groups excluding carboxylic acids is 1. The van der Waals surface area contributed by atoms with Crippen LogP contribution in [0.25, 0.3) is 0 Å². The minimum absolute atomic E-state index is 0.0334. The number of non-ortho nitro benzene ring substituents is 1. The van der Waals surface area contributed by atoms with Gasteiger partial charge in [-0.2, -0.15) is 0 Å². The maximum atomic E-state index is 12.8. The van der Waals surface area contributed by atoms with Crippen molar-refractivity contribution >= 4 is 23.2 Å². The van der Waals surface area contributed by atoms with Gasteiger partial charge in [-0.15, -0.1) is 0 Å². The summed E-state index contributed by atoms with van der Waals surface area (Å²) in [5.41, 5.74) is 1.14. The number of nitrogens with zero attached hydrogens (tertiary/aromatic N) is 2. The van der Waals surface area contributed by atoms with Crippen molar-refractivity contribution in [3.05, 3.63) is 74.8 Å². The van der Waals surface area contributed by atoms with Gasteiger partial charge in [-0.25, -0.2) is 0 Å². The predicted molar refractivity (Wildman–Crippen MR) is 89.6 cm³/mol. The van der Waals surface area contributed by atoms with Gasteiger partial charge in [-0.3, -0.25) is 14.9 Å². The van der Waals surface area contributed by atoms with Crippen LogP contribution in [0.15, 0.2) is 48.5 Å². The molecule has 0 spiro atoms. The highest BCUT2D eigenvalue weighted by Crippen LogP contribution is 2.25. The number of nitro benzene ring substituents is 1. The second-order valence-corrected chi connectivity index (χ2v) is 5.84. The Bertz CT molecular complexity index is 717. The van der Waals surface area contributed by atoms with E-state index in [2.05, 4.69) is 0 Å². The number of halogens is 1. The third-order valence-electron chi connectivity index (χ3n) is 3.47. The third kappa shape index (κ3) is 4.07. The maximum absolute atomic E-state index is 12.8. The number of nitro groups is 1. The maximum Gasteiger partial charge on any atom is 0.270 e. The molecule has 6 heteroatoms. The van der Waals surface area contributed by atoms with Crippen molar-refractivity contribution in [1.82, 2.24) is 4.90 Å². The number of carbonyl (C=O) groups is 1. The lowest BCUT2D eigenvalue weighted by molar-refractivity contribution is -0.384. The highest BCUT2D eigenvalue weighted by molar-refractivity contribution is 6.34. The van der Waals surface area contributed by atoms with Crippen molar-refractivity contribution in [2.24, 2.45) is 0 Å². The summed E-state index contributed by atoms with van der Waals surface area (Å²) in [6, 6.07) is 13.5. The van der Waals surface area contributed by atoms with E-state index in [-0.39, 0.29) is 28.2 Å². The van der Waals surface area contributed by atoms with E-state index >= 15 is 0 Å². The molecule has 0 saturated carbocycles. The van der Waals surface area contributed by atoms with Crippen LogP contribution >= 0.6 is 11.6 Å². The molecule has 2 aromatic carbocycles. The zero-order valence-corrected chi connectivity index (χ0v) is 13.7. The molecule has 1 amide bonds. The standard InChI is InChI=1S/C17H17ClN2O3/c1-12(2)19(11-13-6-4-3-5-7-13)17(21)15-9-8-14(20(22)23)10-16(15)18/h3-10,12H,11H2,1-2H3. The number of hydrogen-bond donors (Lipinski definition) is 0. The fourth-order valence-electron chi connectivity index (χ4n) is 2.21. The van der Waals surface area contributed by atoms with Crippen LogP contribution in [0.2, 0.25) is 5.02 Å². The lowest BCUT2D eigenvalue weighted by Gasteiger charge is -2.27. The molecule has 23 heavy (non-hydrogen) atoms. The van der Waals surface area contributed by atoms with Crippen molar-refractivity contribution in [1.29, 1.82) is 0 Å². The first kappa shape index (κ1) is 17.0.